The van der Waals surface area contributed by atoms with E-state index in [0.29, 0.717) is 5.82 Å². The van der Waals surface area contributed by atoms with Crippen molar-refractivity contribution in [3.8, 4) is 0 Å². The first-order valence-electron chi connectivity index (χ1n) is 5.40. The molecule has 0 aliphatic rings. The number of nitrogens with one attached hydrogen (secondary N) is 1. The van der Waals surface area contributed by atoms with Crippen LogP contribution in [0.15, 0.2) is 4.90 Å². The highest BCUT2D eigenvalue weighted by atomic mass is 32.2. The molecule has 1 rings (SSSR count). The average molecular weight is 261 g/mol. The van der Waals surface area contributed by atoms with Gasteiger partial charge in [0.25, 0.3) is 0 Å². The molecule has 0 radical (unpaired) electrons. The summed E-state index contributed by atoms with van der Waals surface area (Å²) in [5.41, 5.74) is 5.73. The zero-order chi connectivity index (χ0) is 11.8. The van der Waals surface area contributed by atoms with Crippen molar-refractivity contribution in [1.82, 2.24) is 4.37 Å². The molecule has 0 spiro atoms. The van der Waals surface area contributed by atoms with Crippen molar-refractivity contribution in [2.24, 2.45) is 0 Å². The van der Waals surface area contributed by atoms with Gasteiger partial charge < -0.3 is 15.8 Å². The Hall–Kier alpha value is -0.460. The molecular weight excluding hydrogens is 242 g/mol. The lowest BCUT2D eigenvalue weighted by molar-refractivity contribution is 0.141. The van der Waals surface area contributed by atoms with Crippen molar-refractivity contribution in [2.75, 3.05) is 37.1 Å². The van der Waals surface area contributed by atoms with Gasteiger partial charge in [0.15, 0.2) is 5.82 Å². The molecule has 0 saturated heterocycles. The summed E-state index contributed by atoms with van der Waals surface area (Å²) >= 11 is 3.03. The summed E-state index contributed by atoms with van der Waals surface area (Å²) in [6.07, 6.45) is 4.31. The molecule has 0 aliphatic heterocycles. The second kappa shape index (κ2) is 7.76. The maximum atomic E-state index is 5.73. The van der Waals surface area contributed by atoms with E-state index in [1.165, 1.54) is 18.0 Å². The van der Waals surface area contributed by atoms with Crippen LogP contribution in [0.25, 0.3) is 0 Å². The standard InChI is InChI=1S/C10H19N3OS2/c1-3-4-6-14-7-5-12-10-8(15-2)9(11)13-16-10/h12H,3-7H2,1-2H3,(H2,11,13). The van der Waals surface area contributed by atoms with Gasteiger partial charge in [0.1, 0.15) is 5.00 Å². The molecule has 6 heteroatoms. The lowest BCUT2D eigenvalue weighted by atomic mass is 10.4. The van der Waals surface area contributed by atoms with E-state index in [2.05, 4.69) is 16.6 Å². The zero-order valence-electron chi connectivity index (χ0n) is 9.78. The Morgan fingerprint density at radius 1 is 1.50 bits per heavy atom. The number of nitrogen functional groups attached to an aromatic ring is 1. The van der Waals surface area contributed by atoms with Crippen molar-refractivity contribution < 1.29 is 4.74 Å². The number of rotatable bonds is 8. The molecule has 0 aromatic carbocycles. The van der Waals surface area contributed by atoms with Crippen molar-refractivity contribution in [1.29, 1.82) is 0 Å². The van der Waals surface area contributed by atoms with E-state index < -0.39 is 0 Å². The van der Waals surface area contributed by atoms with Gasteiger partial charge in [-0.05, 0) is 24.2 Å². The van der Waals surface area contributed by atoms with Gasteiger partial charge in [-0.2, -0.15) is 4.37 Å². The largest absolute Gasteiger partial charge is 0.382 e. The molecular formula is C10H19N3OS2. The van der Waals surface area contributed by atoms with E-state index in [-0.39, 0.29) is 0 Å². The average Bonchev–Trinajstić information content (AvgIpc) is 2.64. The van der Waals surface area contributed by atoms with Crippen LogP contribution in [0.5, 0.6) is 0 Å². The summed E-state index contributed by atoms with van der Waals surface area (Å²) in [5, 5.41) is 4.34. The molecule has 92 valence electrons. The first-order chi connectivity index (χ1) is 7.79. The molecule has 0 unspecified atom stereocenters. The molecule has 1 aromatic heterocycles. The molecule has 0 bridgehead atoms. The van der Waals surface area contributed by atoms with Crippen LogP contribution >= 0.6 is 23.3 Å². The van der Waals surface area contributed by atoms with E-state index in [0.717, 1.165) is 36.1 Å². The van der Waals surface area contributed by atoms with Crippen LogP contribution in [0.1, 0.15) is 19.8 Å². The first kappa shape index (κ1) is 13.6. The van der Waals surface area contributed by atoms with Gasteiger partial charge in [0.2, 0.25) is 0 Å². The quantitative estimate of drug-likeness (QED) is 0.556. The van der Waals surface area contributed by atoms with Crippen LogP contribution < -0.4 is 11.1 Å². The molecule has 16 heavy (non-hydrogen) atoms. The van der Waals surface area contributed by atoms with E-state index in [1.807, 2.05) is 6.26 Å². The number of ether oxygens (including phenoxy) is 1. The maximum Gasteiger partial charge on any atom is 0.153 e. The molecule has 4 nitrogen and oxygen atoms in total. The molecule has 1 aromatic rings. The van der Waals surface area contributed by atoms with Gasteiger partial charge in [-0.3, -0.25) is 0 Å². The SMILES string of the molecule is CCCCOCCNc1snc(N)c1SC. The highest BCUT2D eigenvalue weighted by Gasteiger charge is 2.09. The number of nitrogens with zero attached hydrogens (tertiary/aromatic N) is 1. The van der Waals surface area contributed by atoms with E-state index in [4.69, 9.17) is 10.5 Å². The minimum Gasteiger partial charge on any atom is -0.382 e. The number of thioether (sulfide) groups is 1. The van der Waals surface area contributed by atoms with E-state index in [1.54, 1.807) is 11.8 Å². The highest BCUT2D eigenvalue weighted by molar-refractivity contribution is 7.99. The number of aromatic nitrogens is 1. The molecule has 0 aliphatic carbocycles. The van der Waals surface area contributed by atoms with Gasteiger partial charge in [0, 0.05) is 13.2 Å². The van der Waals surface area contributed by atoms with Gasteiger partial charge >= 0.3 is 0 Å². The zero-order valence-corrected chi connectivity index (χ0v) is 11.4. The fraction of sp³-hybridized carbons (Fsp3) is 0.700. The highest BCUT2D eigenvalue weighted by Crippen LogP contribution is 2.34. The number of nitrogens with two attached hydrogens (primary N) is 1. The molecule has 0 amide bonds. The van der Waals surface area contributed by atoms with Crippen LogP contribution in [0, 0.1) is 0 Å². The first-order valence-corrected chi connectivity index (χ1v) is 7.40. The van der Waals surface area contributed by atoms with Crippen LogP contribution in [0.3, 0.4) is 0 Å². The smallest absolute Gasteiger partial charge is 0.153 e. The topological polar surface area (TPSA) is 60.2 Å². The Kier molecular flexibility index (Phi) is 6.59. The summed E-state index contributed by atoms with van der Waals surface area (Å²) in [7, 11) is 0. The van der Waals surface area contributed by atoms with Crippen molar-refractivity contribution in [3.05, 3.63) is 0 Å². The lowest BCUT2D eigenvalue weighted by Crippen LogP contribution is -2.09. The van der Waals surface area contributed by atoms with Crippen molar-refractivity contribution >= 4 is 34.1 Å². The Bertz CT molecular complexity index is 304. The summed E-state index contributed by atoms with van der Waals surface area (Å²) in [4.78, 5) is 1.04. The minimum absolute atomic E-state index is 0.618. The van der Waals surface area contributed by atoms with Gasteiger partial charge in [-0.1, -0.05) is 13.3 Å². The van der Waals surface area contributed by atoms with Crippen LogP contribution in [-0.2, 0) is 4.74 Å². The Morgan fingerprint density at radius 2 is 2.31 bits per heavy atom. The third kappa shape index (κ3) is 4.19. The number of unbranched alkanes of at least 4 members (excludes halogenated alkanes) is 1. The number of hydrogen-bond acceptors (Lipinski definition) is 6. The fourth-order valence-corrected chi connectivity index (χ4v) is 2.76. The van der Waals surface area contributed by atoms with Crippen LogP contribution in [0.4, 0.5) is 10.8 Å². The Morgan fingerprint density at radius 3 is 3.00 bits per heavy atom. The molecule has 0 saturated carbocycles. The van der Waals surface area contributed by atoms with Crippen molar-refractivity contribution in [3.63, 3.8) is 0 Å². The second-order valence-electron chi connectivity index (χ2n) is 3.32. The third-order valence-electron chi connectivity index (χ3n) is 2.05. The predicted octanol–water partition coefficient (Wildman–Crippen LogP) is 2.68. The van der Waals surface area contributed by atoms with Gasteiger partial charge in [-0.25, -0.2) is 0 Å². The van der Waals surface area contributed by atoms with E-state index in [9.17, 15) is 0 Å². The van der Waals surface area contributed by atoms with Gasteiger partial charge in [0.05, 0.1) is 11.5 Å². The summed E-state index contributed by atoms with van der Waals surface area (Å²) in [6.45, 7) is 4.54. The second-order valence-corrected chi connectivity index (χ2v) is 4.91. The van der Waals surface area contributed by atoms with E-state index >= 15 is 0 Å². The molecule has 3 N–H and O–H groups in total. The monoisotopic (exact) mass is 261 g/mol. The fourth-order valence-electron chi connectivity index (χ4n) is 1.19. The van der Waals surface area contributed by atoms with Crippen LogP contribution in [-0.4, -0.2) is 30.4 Å². The van der Waals surface area contributed by atoms with Crippen molar-refractivity contribution in [2.45, 2.75) is 24.7 Å². The number of anilines is 2. The molecule has 0 fully saturated rings. The Balaban J connectivity index is 2.21. The minimum atomic E-state index is 0.618. The third-order valence-corrected chi connectivity index (χ3v) is 3.82. The summed E-state index contributed by atoms with van der Waals surface area (Å²) < 4.78 is 9.57. The maximum absolute atomic E-state index is 5.73. The van der Waals surface area contributed by atoms with Gasteiger partial charge in [-0.15, -0.1) is 11.8 Å². The Labute approximate surface area is 105 Å². The van der Waals surface area contributed by atoms with Crippen LogP contribution in [0.2, 0.25) is 0 Å². The summed E-state index contributed by atoms with van der Waals surface area (Å²) in [5.74, 6) is 0.618. The molecule has 1 heterocycles. The normalized spacial score (nSPS) is 10.6. The summed E-state index contributed by atoms with van der Waals surface area (Å²) in [6, 6.07) is 0. The number of hydrogen-bond donors (Lipinski definition) is 2. The lowest BCUT2D eigenvalue weighted by Gasteiger charge is -2.06. The molecule has 0 atom stereocenters. The predicted molar refractivity (Wildman–Crippen MR) is 72.5 cm³/mol.